The number of carbonyl (C=O) groups is 2. The van der Waals surface area contributed by atoms with Crippen molar-refractivity contribution in [2.45, 2.75) is 32.2 Å². The van der Waals surface area contributed by atoms with Crippen molar-refractivity contribution in [3.63, 3.8) is 0 Å². The average molecular weight is 263 g/mol. The second kappa shape index (κ2) is 4.57. The predicted molar refractivity (Wildman–Crippen MR) is 69.2 cm³/mol. The van der Waals surface area contributed by atoms with Crippen LogP contribution < -0.4 is 0 Å². The molecule has 1 saturated heterocycles. The van der Waals surface area contributed by atoms with E-state index in [0.717, 1.165) is 0 Å². The molecule has 0 aliphatic carbocycles. The highest BCUT2D eigenvalue weighted by atomic mass is 16.4. The number of amides is 1. The van der Waals surface area contributed by atoms with Crippen LogP contribution in [-0.4, -0.2) is 39.1 Å². The van der Waals surface area contributed by atoms with E-state index in [1.54, 1.807) is 26.0 Å². The van der Waals surface area contributed by atoms with Crippen molar-refractivity contribution in [2.75, 3.05) is 6.54 Å². The van der Waals surface area contributed by atoms with E-state index in [-0.39, 0.29) is 11.7 Å². The maximum Gasteiger partial charge on any atom is 0.329 e. The van der Waals surface area contributed by atoms with Gasteiger partial charge in [-0.1, -0.05) is 6.07 Å². The molecule has 5 nitrogen and oxygen atoms in total. The molecule has 102 valence electrons. The molecule has 0 bridgehead atoms. The molecule has 1 aliphatic heterocycles. The van der Waals surface area contributed by atoms with Crippen molar-refractivity contribution in [1.82, 2.24) is 4.90 Å². The number of nitrogens with zero attached hydrogens (tertiary/aromatic N) is 1. The number of carboxylic acids is 1. The van der Waals surface area contributed by atoms with Crippen LogP contribution in [0.4, 0.5) is 0 Å². The van der Waals surface area contributed by atoms with E-state index in [2.05, 4.69) is 0 Å². The Kier molecular flexibility index (Phi) is 3.22. The summed E-state index contributed by atoms with van der Waals surface area (Å²) in [7, 11) is 0. The number of rotatable bonds is 2. The molecule has 1 amide bonds. The molecule has 0 aromatic heterocycles. The lowest BCUT2D eigenvalue weighted by molar-refractivity contribution is -0.147. The van der Waals surface area contributed by atoms with Crippen LogP contribution in [0.15, 0.2) is 18.2 Å². The number of hydrogen-bond acceptors (Lipinski definition) is 3. The van der Waals surface area contributed by atoms with Gasteiger partial charge in [0, 0.05) is 17.7 Å². The summed E-state index contributed by atoms with van der Waals surface area (Å²) in [6.45, 7) is 3.64. The average Bonchev–Trinajstić information content (AvgIpc) is 2.75. The minimum absolute atomic E-state index is 0.0436. The van der Waals surface area contributed by atoms with Gasteiger partial charge in [-0.05, 0) is 38.8 Å². The number of carbonyl (C=O) groups excluding carboxylic acids is 1. The van der Waals surface area contributed by atoms with Crippen LogP contribution >= 0.6 is 0 Å². The van der Waals surface area contributed by atoms with Crippen molar-refractivity contribution < 1.29 is 19.8 Å². The Morgan fingerprint density at radius 2 is 2.05 bits per heavy atom. The first kappa shape index (κ1) is 13.4. The molecule has 2 N–H and O–H groups in total. The van der Waals surface area contributed by atoms with Gasteiger partial charge in [-0.3, -0.25) is 4.79 Å². The van der Waals surface area contributed by atoms with Crippen molar-refractivity contribution >= 4 is 11.9 Å². The van der Waals surface area contributed by atoms with Crippen molar-refractivity contribution in [3.05, 3.63) is 29.3 Å². The van der Waals surface area contributed by atoms with Crippen LogP contribution in [0.2, 0.25) is 0 Å². The van der Waals surface area contributed by atoms with Gasteiger partial charge in [-0.15, -0.1) is 0 Å². The fraction of sp³-hybridized carbons (Fsp3) is 0.429. The number of aromatic hydroxyl groups is 1. The first-order chi connectivity index (χ1) is 8.88. The Labute approximate surface area is 111 Å². The summed E-state index contributed by atoms with van der Waals surface area (Å²) in [6, 6.07) is 4.70. The fourth-order valence-corrected chi connectivity index (χ4v) is 2.51. The molecular formula is C14H17NO4. The van der Waals surface area contributed by atoms with E-state index in [1.807, 2.05) is 0 Å². The summed E-state index contributed by atoms with van der Waals surface area (Å²) in [5.74, 6) is -1.28. The number of likely N-dealkylation sites (tertiary alicyclic amines) is 1. The van der Waals surface area contributed by atoms with Crippen molar-refractivity contribution in [3.8, 4) is 5.75 Å². The van der Waals surface area contributed by atoms with Gasteiger partial charge >= 0.3 is 5.97 Å². The monoisotopic (exact) mass is 263 g/mol. The van der Waals surface area contributed by atoms with Gasteiger partial charge in [0.2, 0.25) is 0 Å². The van der Waals surface area contributed by atoms with E-state index in [1.165, 1.54) is 11.0 Å². The Bertz CT molecular complexity index is 540. The smallest absolute Gasteiger partial charge is 0.329 e. The number of phenolic OH excluding ortho intramolecular Hbond substituents is 1. The van der Waals surface area contributed by atoms with E-state index in [9.17, 15) is 19.8 Å². The number of carboxylic acid groups (broad SMARTS) is 1. The maximum atomic E-state index is 12.5. The standard InChI is InChI=1S/C14H17NO4/c1-9-10(5-3-6-11(9)16)12(17)15-8-4-7-14(15,2)13(18)19/h3,5-6,16H,4,7-8H2,1-2H3,(H,18,19). The molecule has 1 aromatic carbocycles. The Hall–Kier alpha value is -2.04. The van der Waals surface area contributed by atoms with Crippen molar-refractivity contribution in [1.29, 1.82) is 0 Å². The SMILES string of the molecule is Cc1c(O)cccc1C(=O)N1CCCC1(C)C(=O)O. The normalized spacial score (nSPS) is 22.5. The van der Waals surface area contributed by atoms with E-state index >= 15 is 0 Å². The van der Waals surface area contributed by atoms with Crippen LogP contribution in [0, 0.1) is 6.92 Å². The molecule has 0 saturated carbocycles. The maximum absolute atomic E-state index is 12.5. The predicted octanol–water partition coefficient (Wildman–Crippen LogP) is 1.78. The van der Waals surface area contributed by atoms with Crippen LogP contribution in [-0.2, 0) is 4.79 Å². The van der Waals surface area contributed by atoms with Crippen molar-refractivity contribution in [2.24, 2.45) is 0 Å². The first-order valence-corrected chi connectivity index (χ1v) is 6.22. The summed E-state index contributed by atoms with van der Waals surface area (Å²) in [4.78, 5) is 25.3. The van der Waals surface area contributed by atoms with Gasteiger partial charge < -0.3 is 15.1 Å². The summed E-state index contributed by atoms with van der Waals surface area (Å²) in [6.07, 6.45) is 1.12. The molecule has 0 spiro atoms. The Morgan fingerprint density at radius 3 is 2.68 bits per heavy atom. The minimum Gasteiger partial charge on any atom is -0.508 e. The molecular weight excluding hydrogens is 246 g/mol. The first-order valence-electron chi connectivity index (χ1n) is 6.22. The number of benzene rings is 1. The van der Waals surface area contributed by atoms with Gasteiger partial charge in [0.25, 0.3) is 5.91 Å². The number of hydrogen-bond donors (Lipinski definition) is 2. The van der Waals surface area contributed by atoms with Crippen LogP contribution in [0.3, 0.4) is 0 Å². The molecule has 1 fully saturated rings. The number of phenols is 1. The zero-order valence-corrected chi connectivity index (χ0v) is 11.0. The highest BCUT2D eigenvalue weighted by Gasteiger charge is 2.46. The highest BCUT2D eigenvalue weighted by Crippen LogP contribution is 2.32. The van der Waals surface area contributed by atoms with Gasteiger partial charge in [0.05, 0.1) is 0 Å². The third kappa shape index (κ3) is 2.05. The summed E-state index contributed by atoms with van der Waals surface area (Å²) < 4.78 is 0. The summed E-state index contributed by atoms with van der Waals surface area (Å²) in [5, 5.41) is 19.0. The van der Waals surface area contributed by atoms with Gasteiger partial charge in [-0.25, -0.2) is 4.79 Å². The lowest BCUT2D eigenvalue weighted by atomic mass is 9.97. The van der Waals surface area contributed by atoms with E-state index < -0.39 is 11.5 Å². The number of aliphatic carboxylic acids is 1. The third-order valence-electron chi connectivity index (χ3n) is 3.88. The lowest BCUT2D eigenvalue weighted by Gasteiger charge is -2.31. The zero-order chi connectivity index (χ0) is 14.2. The quantitative estimate of drug-likeness (QED) is 0.852. The largest absolute Gasteiger partial charge is 0.508 e. The second-order valence-corrected chi connectivity index (χ2v) is 5.09. The van der Waals surface area contributed by atoms with Crippen LogP contribution in [0.1, 0.15) is 35.7 Å². The van der Waals surface area contributed by atoms with Gasteiger partial charge in [0.1, 0.15) is 11.3 Å². The molecule has 2 rings (SSSR count). The molecule has 1 unspecified atom stereocenters. The molecule has 0 radical (unpaired) electrons. The molecule has 5 heteroatoms. The Balaban J connectivity index is 2.39. The van der Waals surface area contributed by atoms with Gasteiger partial charge in [-0.2, -0.15) is 0 Å². The fourth-order valence-electron chi connectivity index (χ4n) is 2.51. The topological polar surface area (TPSA) is 77.8 Å². The molecule has 1 atom stereocenters. The summed E-state index contributed by atoms with van der Waals surface area (Å²) in [5.41, 5.74) is -0.323. The molecule has 19 heavy (non-hydrogen) atoms. The lowest BCUT2D eigenvalue weighted by Crippen LogP contribution is -2.50. The molecule has 1 aromatic rings. The third-order valence-corrected chi connectivity index (χ3v) is 3.88. The molecule has 1 aliphatic rings. The van der Waals surface area contributed by atoms with E-state index in [0.29, 0.717) is 30.5 Å². The zero-order valence-electron chi connectivity index (χ0n) is 11.0. The molecule has 1 heterocycles. The Morgan fingerprint density at radius 1 is 1.37 bits per heavy atom. The van der Waals surface area contributed by atoms with Gasteiger partial charge in [0.15, 0.2) is 0 Å². The van der Waals surface area contributed by atoms with Crippen LogP contribution in [0.5, 0.6) is 5.75 Å². The van der Waals surface area contributed by atoms with Crippen LogP contribution in [0.25, 0.3) is 0 Å². The minimum atomic E-state index is -1.16. The highest BCUT2D eigenvalue weighted by molar-refractivity contribution is 5.99. The van der Waals surface area contributed by atoms with E-state index in [4.69, 9.17) is 0 Å². The second-order valence-electron chi connectivity index (χ2n) is 5.09. The summed E-state index contributed by atoms with van der Waals surface area (Å²) >= 11 is 0.